The van der Waals surface area contributed by atoms with E-state index in [4.69, 9.17) is 21.2 Å². The lowest BCUT2D eigenvalue weighted by atomic mass is 9.68. The number of halogens is 3. The molecule has 3 aromatic carbocycles. The van der Waals surface area contributed by atoms with Crippen LogP contribution in [0.1, 0.15) is 95.4 Å². The van der Waals surface area contributed by atoms with Crippen LogP contribution in [0, 0.1) is 22.9 Å². The van der Waals surface area contributed by atoms with Crippen molar-refractivity contribution < 1.29 is 22.7 Å². The number of ether oxygens (including phenoxy) is 1. The molecule has 49 heavy (non-hydrogen) atoms. The molecular weight excluding hydrogens is 646 g/mol. The molecule has 5 rings (SSSR count). The van der Waals surface area contributed by atoms with E-state index in [9.17, 15) is 4.79 Å². The van der Waals surface area contributed by atoms with E-state index in [2.05, 4.69) is 31.8 Å². The number of amidine groups is 1. The first-order valence-electron chi connectivity index (χ1n) is 17.0. The van der Waals surface area contributed by atoms with Crippen LogP contribution in [-0.4, -0.2) is 28.5 Å². The van der Waals surface area contributed by atoms with E-state index in [0.29, 0.717) is 36.6 Å². The van der Waals surface area contributed by atoms with E-state index in [1.165, 1.54) is 18.2 Å². The van der Waals surface area contributed by atoms with Crippen molar-refractivity contribution in [1.29, 1.82) is 0 Å². The maximum absolute atomic E-state index is 15.8. The summed E-state index contributed by atoms with van der Waals surface area (Å²) >= 11 is 1.61. The molecule has 0 unspecified atom stereocenters. The number of fused-ring (bicyclic) bond motifs is 3. The van der Waals surface area contributed by atoms with Gasteiger partial charge in [-0.15, -0.1) is 11.8 Å². The van der Waals surface area contributed by atoms with E-state index >= 15 is 13.2 Å². The zero-order valence-corrected chi connectivity index (χ0v) is 29.8. The molecule has 4 aromatic rings. The fraction of sp³-hybridized carbons (Fsp3) is 0.436. The lowest BCUT2D eigenvalue weighted by Crippen LogP contribution is -2.54. The number of aldehydes is 1. The molecule has 5 N–H and O–H groups in total. The highest BCUT2D eigenvalue weighted by molar-refractivity contribution is 7.99. The van der Waals surface area contributed by atoms with Crippen LogP contribution in [0.4, 0.5) is 13.2 Å². The maximum Gasteiger partial charge on any atom is 0.203 e. The SMILES string of the molecule is CCCCc1c2c(F)c(F)c3[nH]cc(c13)SCC(C)(C)CCC[C@](C)(c1cccc(CCC=O)c1)[C@](C)(N)/N=C(\N)c1cc(ccc1F)O2. The number of aliphatic imine (C=N–C) groups is 1. The summed E-state index contributed by atoms with van der Waals surface area (Å²) in [6.07, 6.45) is 7.98. The van der Waals surface area contributed by atoms with Crippen LogP contribution < -0.4 is 16.2 Å². The van der Waals surface area contributed by atoms with Crippen molar-refractivity contribution in [2.45, 2.75) is 102 Å². The van der Waals surface area contributed by atoms with Gasteiger partial charge in [0.05, 0.1) is 11.1 Å². The fourth-order valence-corrected chi connectivity index (χ4v) is 7.92. The van der Waals surface area contributed by atoms with Crippen molar-refractivity contribution in [3.63, 3.8) is 0 Å². The van der Waals surface area contributed by atoms with Crippen LogP contribution in [0.15, 0.2) is 58.5 Å². The lowest BCUT2D eigenvalue weighted by Gasteiger charge is -2.43. The summed E-state index contributed by atoms with van der Waals surface area (Å²) in [6.45, 7) is 10.3. The molecule has 1 aromatic heterocycles. The number of nitrogens with zero attached hydrogens (tertiary/aromatic N) is 1. The van der Waals surface area contributed by atoms with Gasteiger partial charge in [-0.05, 0) is 73.8 Å². The topological polar surface area (TPSA) is 106 Å². The fourth-order valence-electron chi connectivity index (χ4n) is 6.71. The number of nitrogens with one attached hydrogen (secondary N) is 1. The van der Waals surface area contributed by atoms with E-state index in [1.54, 1.807) is 24.9 Å². The quantitative estimate of drug-likeness (QED) is 0.167. The number of aromatic nitrogens is 1. The standard InChI is InChI=1S/C39H47F3N4O2S/c1-6-7-14-27-31-30-22-45-34(31)32(41)33(42)35(27)48-26-15-16-29(40)28(21-26)36(43)46-39(5,44)38(4,18-10-17-37(2,3)23-49-30)25-13-8-11-24(20-25)12-9-19-47/h8,11,13,15-16,19-22,45H,6-7,9-10,12,14,17-18,23,44H2,1-5H3,(H2,43,46)/t38-,39-/m1/s1. The maximum atomic E-state index is 15.8. The van der Waals surface area contributed by atoms with Gasteiger partial charge in [0.25, 0.3) is 0 Å². The Bertz CT molecular complexity index is 1870. The number of H-pyrrole nitrogens is 1. The minimum Gasteiger partial charge on any atom is -0.454 e. The Morgan fingerprint density at radius 3 is 2.55 bits per heavy atom. The molecule has 0 amide bonds. The molecule has 262 valence electrons. The number of rotatable bonds is 7. The number of hydrogen-bond acceptors (Lipinski definition) is 6. The molecule has 10 heteroatoms. The second-order valence-corrected chi connectivity index (χ2v) is 15.4. The molecule has 0 aliphatic carbocycles. The minimum absolute atomic E-state index is 0.0616. The third-order valence-corrected chi connectivity index (χ3v) is 11.5. The van der Waals surface area contributed by atoms with Crippen LogP contribution in [0.2, 0.25) is 0 Å². The summed E-state index contributed by atoms with van der Waals surface area (Å²) in [7, 11) is 0. The third-order valence-electron chi connectivity index (χ3n) is 9.98. The Morgan fingerprint density at radius 1 is 1.04 bits per heavy atom. The summed E-state index contributed by atoms with van der Waals surface area (Å²) in [5.41, 5.74) is 14.0. The van der Waals surface area contributed by atoms with Crippen molar-refractivity contribution in [1.82, 2.24) is 4.98 Å². The lowest BCUT2D eigenvalue weighted by molar-refractivity contribution is -0.107. The Balaban J connectivity index is 1.69. The van der Waals surface area contributed by atoms with E-state index in [-0.39, 0.29) is 33.8 Å². The van der Waals surface area contributed by atoms with Gasteiger partial charge in [0.15, 0.2) is 11.6 Å². The molecule has 2 atom stereocenters. The highest BCUT2D eigenvalue weighted by atomic mass is 32.2. The van der Waals surface area contributed by atoms with Gasteiger partial charge >= 0.3 is 0 Å². The number of aryl methyl sites for hydroxylation is 2. The summed E-state index contributed by atoms with van der Waals surface area (Å²) < 4.78 is 53.0. The molecular formula is C39H47F3N4O2S. The highest BCUT2D eigenvalue weighted by Crippen LogP contribution is 2.45. The van der Waals surface area contributed by atoms with Crippen molar-refractivity contribution in [3.8, 4) is 11.5 Å². The van der Waals surface area contributed by atoms with Crippen molar-refractivity contribution in [2.24, 2.45) is 21.9 Å². The Morgan fingerprint density at radius 2 is 1.82 bits per heavy atom. The largest absolute Gasteiger partial charge is 0.454 e. The smallest absolute Gasteiger partial charge is 0.203 e. The molecule has 1 aliphatic rings. The number of thioether (sulfide) groups is 1. The first-order valence-corrected chi connectivity index (χ1v) is 18.0. The number of nitrogens with two attached hydrogens (primary N) is 2. The Kier molecular flexibility index (Phi) is 10.9. The molecule has 2 heterocycles. The summed E-state index contributed by atoms with van der Waals surface area (Å²) in [6, 6.07) is 11.9. The average molecular weight is 693 g/mol. The number of hydrogen-bond donors (Lipinski definition) is 3. The van der Waals surface area contributed by atoms with Crippen LogP contribution in [0.5, 0.6) is 11.5 Å². The normalized spacial score (nSPS) is 22.6. The number of aromatic amines is 1. The second kappa shape index (κ2) is 14.6. The number of carbonyl (C=O) groups is 1. The van der Waals surface area contributed by atoms with Gasteiger partial charge in [0, 0.05) is 39.6 Å². The van der Waals surface area contributed by atoms with E-state index in [1.807, 2.05) is 25.1 Å². The molecule has 0 radical (unpaired) electrons. The molecule has 0 saturated heterocycles. The summed E-state index contributed by atoms with van der Waals surface area (Å²) in [5.74, 6) is -2.35. The first-order chi connectivity index (χ1) is 23.2. The van der Waals surface area contributed by atoms with E-state index in [0.717, 1.165) is 53.7 Å². The number of unbranched alkanes of at least 4 members (excludes halogenated alkanes) is 1. The molecule has 0 spiro atoms. The molecule has 1 aliphatic heterocycles. The van der Waals surface area contributed by atoms with Gasteiger partial charge in [-0.25, -0.2) is 13.8 Å². The monoisotopic (exact) mass is 692 g/mol. The predicted octanol–water partition coefficient (Wildman–Crippen LogP) is 9.49. The van der Waals surface area contributed by atoms with Gasteiger partial charge in [0.2, 0.25) is 5.82 Å². The second-order valence-electron chi connectivity index (χ2n) is 14.4. The zero-order valence-electron chi connectivity index (χ0n) is 29.0. The number of benzene rings is 3. The first kappa shape index (κ1) is 36.5. The van der Waals surface area contributed by atoms with Gasteiger partial charge in [-0.1, -0.05) is 64.8 Å². The minimum atomic E-state index is -1.30. The Labute approximate surface area is 291 Å². The van der Waals surface area contributed by atoms with Crippen molar-refractivity contribution in [3.05, 3.63) is 88.4 Å². The average Bonchev–Trinajstić information content (AvgIpc) is 3.49. The van der Waals surface area contributed by atoms with Gasteiger partial charge < -0.3 is 26.0 Å². The van der Waals surface area contributed by atoms with E-state index < -0.39 is 28.5 Å². The predicted molar refractivity (Wildman–Crippen MR) is 193 cm³/mol. The highest BCUT2D eigenvalue weighted by Gasteiger charge is 2.44. The summed E-state index contributed by atoms with van der Waals surface area (Å²) in [4.78, 5) is 19.7. The van der Waals surface area contributed by atoms with Crippen LogP contribution in [-0.2, 0) is 23.1 Å². The van der Waals surface area contributed by atoms with Gasteiger partial charge in [-0.2, -0.15) is 4.39 Å². The molecule has 0 fully saturated rings. The van der Waals surface area contributed by atoms with Crippen LogP contribution >= 0.6 is 11.8 Å². The molecule has 0 saturated carbocycles. The molecule has 6 nitrogen and oxygen atoms in total. The molecule has 4 bridgehead atoms. The Hall–Kier alpha value is -3.76. The van der Waals surface area contributed by atoms with Gasteiger partial charge in [0.1, 0.15) is 29.4 Å². The van der Waals surface area contributed by atoms with Crippen molar-refractivity contribution >= 4 is 34.8 Å². The zero-order chi connectivity index (χ0) is 35.6. The van der Waals surface area contributed by atoms with Gasteiger partial charge in [-0.3, -0.25) is 0 Å². The van der Waals surface area contributed by atoms with Crippen molar-refractivity contribution in [2.75, 3.05) is 5.75 Å². The third kappa shape index (κ3) is 7.55. The summed E-state index contributed by atoms with van der Waals surface area (Å²) in [5, 5.41) is 0.605. The number of carbonyl (C=O) groups excluding carboxylic acids is 1. The van der Waals surface area contributed by atoms with Crippen LogP contribution in [0.25, 0.3) is 10.9 Å². The van der Waals surface area contributed by atoms with Crippen LogP contribution in [0.3, 0.4) is 0 Å².